The van der Waals surface area contributed by atoms with E-state index in [1.54, 1.807) is 16.8 Å². The Kier molecular flexibility index (Phi) is 6.05. The topological polar surface area (TPSA) is 72.9 Å². The van der Waals surface area contributed by atoms with E-state index in [1.165, 1.54) is 0 Å². The summed E-state index contributed by atoms with van der Waals surface area (Å²) in [6.07, 6.45) is 2.71. The van der Waals surface area contributed by atoms with Crippen LogP contribution in [0.25, 0.3) is 5.69 Å². The molecule has 0 aliphatic heterocycles. The summed E-state index contributed by atoms with van der Waals surface area (Å²) in [7, 11) is 0. The molecule has 1 aliphatic rings. The molecule has 1 aliphatic carbocycles. The van der Waals surface area contributed by atoms with E-state index in [0.717, 1.165) is 36.2 Å². The molecule has 25 heavy (non-hydrogen) atoms. The molecule has 1 heterocycles. The molecule has 0 radical (unpaired) electrons. The lowest BCUT2D eigenvalue weighted by Crippen LogP contribution is -2.49. The summed E-state index contributed by atoms with van der Waals surface area (Å²) >= 11 is 12.3. The second-order valence-corrected chi connectivity index (χ2v) is 7.52. The number of hydrogen-bond acceptors (Lipinski definition) is 3. The molecule has 2 aromatic rings. The summed E-state index contributed by atoms with van der Waals surface area (Å²) < 4.78 is 1.77. The normalized spacial score (nSPS) is 13.3. The standard InChI is InChI=1S/C17H20Cl2N4O.ClH/c1-17(2,9-20)21-16(24)15-11-4-3-5-13(11)23(22-15)14-7-6-10(18)8-12(14)19;/h6-8H,3-5,9,20H2,1-2H3,(H,21,24);1H. The number of halogens is 3. The molecule has 1 aromatic heterocycles. The Bertz CT molecular complexity index is 801. The van der Waals surface area contributed by atoms with E-state index < -0.39 is 5.54 Å². The summed E-state index contributed by atoms with van der Waals surface area (Å²) in [6, 6.07) is 5.27. The SMILES string of the molecule is CC(C)(CN)NC(=O)c1nn(-c2ccc(Cl)cc2Cl)c2c1CCC2.Cl. The minimum absolute atomic E-state index is 0. The first-order valence-electron chi connectivity index (χ1n) is 7.91. The molecule has 0 saturated heterocycles. The van der Waals surface area contributed by atoms with Crippen LogP contribution in [0, 0.1) is 0 Å². The van der Waals surface area contributed by atoms with Crippen LogP contribution in [0.5, 0.6) is 0 Å². The van der Waals surface area contributed by atoms with Gasteiger partial charge in [0.2, 0.25) is 0 Å². The zero-order chi connectivity index (χ0) is 17.5. The van der Waals surface area contributed by atoms with Crippen molar-refractivity contribution in [3.05, 3.63) is 45.2 Å². The van der Waals surface area contributed by atoms with E-state index in [-0.39, 0.29) is 18.3 Å². The summed E-state index contributed by atoms with van der Waals surface area (Å²) in [5.74, 6) is -0.201. The van der Waals surface area contributed by atoms with Crippen LogP contribution >= 0.6 is 35.6 Å². The maximum atomic E-state index is 12.7. The van der Waals surface area contributed by atoms with Crippen LogP contribution in [-0.2, 0) is 12.8 Å². The van der Waals surface area contributed by atoms with Crippen molar-refractivity contribution in [3.8, 4) is 5.69 Å². The second-order valence-electron chi connectivity index (χ2n) is 6.68. The van der Waals surface area contributed by atoms with Gasteiger partial charge in [0.15, 0.2) is 5.69 Å². The smallest absolute Gasteiger partial charge is 0.272 e. The molecule has 0 atom stereocenters. The number of aromatic nitrogens is 2. The first-order chi connectivity index (χ1) is 11.3. The third kappa shape index (κ3) is 3.95. The molecule has 0 spiro atoms. The predicted octanol–water partition coefficient (Wildman–Crippen LogP) is 3.56. The third-order valence-corrected chi connectivity index (χ3v) is 4.78. The van der Waals surface area contributed by atoms with Crippen molar-refractivity contribution in [1.29, 1.82) is 0 Å². The lowest BCUT2D eigenvalue weighted by Gasteiger charge is -2.23. The average molecular weight is 404 g/mol. The Morgan fingerprint density at radius 2 is 2.08 bits per heavy atom. The summed E-state index contributed by atoms with van der Waals surface area (Å²) in [5, 5.41) is 8.57. The highest BCUT2D eigenvalue weighted by atomic mass is 35.5. The van der Waals surface area contributed by atoms with Gasteiger partial charge in [0.05, 0.1) is 10.7 Å². The number of rotatable bonds is 4. The minimum Gasteiger partial charge on any atom is -0.344 e. The van der Waals surface area contributed by atoms with Crippen LogP contribution in [0.15, 0.2) is 18.2 Å². The summed E-state index contributed by atoms with van der Waals surface area (Å²) in [4.78, 5) is 12.7. The van der Waals surface area contributed by atoms with E-state index in [4.69, 9.17) is 28.9 Å². The number of carbonyl (C=O) groups excluding carboxylic acids is 1. The van der Waals surface area contributed by atoms with Gasteiger partial charge in [-0.25, -0.2) is 4.68 Å². The Balaban J connectivity index is 0.00000225. The fourth-order valence-corrected chi connectivity index (χ4v) is 3.38. The lowest BCUT2D eigenvalue weighted by atomic mass is 10.1. The molecule has 0 fully saturated rings. The largest absolute Gasteiger partial charge is 0.344 e. The summed E-state index contributed by atoms with van der Waals surface area (Å²) in [5.41, 5.74) is 8.44. The van der Waals surface area contributed by atoms with Crippen LogP contribution < -0.4 is 11.1 Å². The third-order valence-electron chi connectivity index (χ3n) is 4.25. The molecule has 136 valence electrons. The van der Waals surface area contributed by atoms with E-state index in [9.17, 15) is 4.79 Å². The zero-order valence-corrected chi connectivity index (χ0v) is 16.4. The van der Waals surface area contributed by atoms with Gasteiger partial charge in [-0.05, 0) is 51.3 Å². The molecule has 0 unspecified atom stereocenters. The van der Waals surface area contributed by atoms with Crippen LogP contribution in [0.3, 0.4) is 0 Å². The highest BCUT2D eigenvalue weighted by molar-refractivity contribution is 6.35. The molecule has 3 N–H and O–H groups in total. The zero-order valence-electron chi connectivity index (χ0n) is 14.1. The van der Waals surface area contributed by atoms with Gasteiger partial charge in [-0.2, -0.15) is 5.10 Å². The van der Waals surface area contributed by atoms with Crippen molar-refractivity contribution in [2.24, 2.45) is 5.73 Å². The van der Waals surface area contributed by atoms with E-state index in [1.807, 2.05) is 19.9 Å². The molecule has 0 bridgehead atoms. The van der Waals surface area contributed by atoms with Gasteiger partial charge in [0.25, 0.3) is 5.91 Å². The minimum atomic E-state index is -0.482. The number of nitrogens with zero attached hydrogens (tertiary/aromatic N) is 2. The van der Waals surface area contributed by atoms with Crippen molar-refractivity contribution < 1.29 is 4.79 Å². The van der Waals surface area contributed by atoms with Gasteiger partial charge >= 0.3 is 0 Å². The quantitative estimate of drug-likeness (QED) is 0.820. The molecular weight excluding hydrogens is 383 g/mol. The van der Waals surface area contributed by atoms with Crippen molar-refractivity contribution in [3.63, 3.8) is 0 Å². The average Bonchev–Trinajstić information content (AvgIpc) is 3.09. The number of nitrogens with two attached hydrogens (primary N) is 1. The Morgan fingerprint density at radius 1 is 1.36 bits per heavy atom. The predicted molar refractivity (Wildman–Crippen MR) is 103 cm³/mol. The van der Waals surface area contributed by atoms with Gasteiger partial charge in [-0.3, -0.25) is 4.79 Å². The molecule has 0 saturated carbocycles. The molecule has 8 heteroatoms. The monoisotopic (exact) mass is 402 g/mol. The molecule has 3 rings (SSSR count). The van der Waals surface area contributed by atoms with E-state index in [2.05, 4.69) is 10.4 Å². The number of hydrogen-bond donors (Lipinski definition) is 2. The van der Waals surface area contributed by atoms with Crippen LogP contribution in [0.1, 0.15) is 42.0 Å². The van der Waals surface area contributed by atoms with Crippen molar-refractivity contribution in [2.45, 2.75) is 38.6 Å². The Hall–Kier alpha value is -1.27. The van der Waals surface area contributed by atoms with E-state index >= 15 is 0 Å². The van der Waals surface area contributed by atoms with Gasteiger partial charge < -0.3 is 11.1 Å². The van der Waals surface area contributed by atoms with Crippen LogP contribution in [0.2, 0.25) is 10.0 Å². The van der Waals surface area contributed by atoms with Crippen LogP contribution in [0.4, 0.5) is 0 Å². The first-order valence-corrected chi connectivity index (χ1v) is 8.67. The van der Waals surface area contributed by atoms with Crippen molar-refractivity contribution >= 4 is 41.5 Å². The van der Waals surface area contributed by atoms with Gasteiger partial charge in [0, 0.05) is 28.4 Å². The highest BCUT2D eigenvalue weighted by Gasteiger charge is 2.29. The first kappa shape index (κ1) is 20.0. The lowest BCUT2D eigenvalue weighted by molar-refractivity contribution is 0.0909. The van der Waals surface area contributed by atoms with Crippen molar-refractivity contribution in [2.75, 3.05) is 6.54 Å². The number of benzene rings is 1. The Morgan fingerprint density at radius 3 is 2.72 bits per heavy atom. The molecule has 1 aromatic carbocycles. The number of amides is 1. The maximum Gasteiger partial charge on any atom is 0.272 e. The van der Waals surface area contributed by atoms with E-state index in [0.29, 0.717) is 22.3 Å². The fourth-order valence-electron chi connectivity index (χ4n) is 2.89. The van der Waals surface area contributed by atoms with Crippen LogP contribution in [-0.4, -0.2) is 27.8 Å². The Labute approximate surface area is 163 Å². The van der Waals surface area contributed by atoms with Gasteiger partial charge in [0.1, 0.15) is 0 Å². The molecule has 1 amide bonds. The molecule has 5 nitrogen and oxygen atoms in total. The highest BCUT2D eigenvalue weighted by Crippen LogP contribution is 2.31. The second kappa shape index (κ2) is 7.54. The number of carbonyl (C=O) groups is 1. The van der Waals surface area contributed by atoms with Gasteiger partial charge in [-0.15, -0.1) is 12.4 Å². The van der Waals surface area contributed by atoms with Crippen molar-refractivity contribution in [1.82, 2.24) is 15.1 Å². The maximum absolute atomic E-state index is 12.7. The summed E-state index contributed by atoms with van der Waals surface area (Å²) in [6.45, 7) is 4.13. The number of nitrogens with one attached hydrogen (secondary N) is 1. The van der Waals surface area contributed by atoms with Gasteiger partial charge in [-0.1, -0.05) is 23.2 Å². The fraction of sp³-hybridized carbons (Fsp3) is 0.412. The molecular formula is C17H21Cl3N4O. The number of fused-ring (bicyclic) bond motifs is 1.